The third-order valence-corrected chi connectivity index (χ3v) is 4.56. The SMILES string of the molecule is C[C@@H](c1cnccn1)c1ccc2c(c1N)Cc1ccccc1-2. The second-order valence-corrected chi connectivity index (χ2v) is 5.78. The molecule has 0 fully saturated rings. The van der Waals surface area contributed by atoms with E-state index < -0.39 is 0 Å². The Balaban J connectivity index is 1.81. The van der Waals surface area contributed by atoms with Crippen molar-refractivity contribution in [1.82, 2.24) is 9.97 Å². The lowest BCUT2D eigenvalue weighted by Crippen LogP contribution is -2.05. The molecule has 0 aliphatic heterocycles. The third kappa shape index (κ3) is 1.90. The van der Waals surface area contributed by atoms with E-state index in [0.29, 0.717) is 0 Å². The number of rotatable bonds is 2. The van der Waals surface area contributed by atoms with Gasteiger partial charge in [-0.2, -0.15) is 0 Å². The molecule has 0 amide bonds. The summed E-state index contributed by atoms with van der Waals surface area (Å²) < 4.78 is 0. The molecular formula is C19H17N3. The van der Waals surface area contributed by atoms with Crippen molar-refractivity contribution in [3.8, 4) is 11.1 Å². The van der Waals surface area contributed by atoms with E-state index in [0.717, 1.165) is 23.4 Å². The predicted molar refractivity (Wildman–Crippen MR) is 88.6 cm³/mol. The van der Waals surface area contributed by atoms with E-state index in [2.05, 4.69) is 53.3 Å². The lowest BCUT2D eigenvalue weighted by atomic mass is 9.92. The molecule has 1 atom stereocenters. The Morgan fingerprint density at radius 1 is 1.05 bits per heavy atom. The van der Waals surface area contributed by atoms with Gasteiger partial charge in [0.25, 0.3) is 0 Å². The number of hydrogen-bond donors (Lipinski definition) is 1. The number of nitrogen functional groups attached to an aromatic ring is 1. The summed E-state index contributed by atoms with van der Waals surface area (Å²) >= 11 is 0. The van der Waals surface area contributed by atoms with Crippen LogP contribution in [0.5, 0.6) is 0 Å². The van der Waals surface area contributed by atoms with Gasteiger partial charge in [-0.25, -0.2) is 0 Å². The van der Waals surface area contributed by atoms with Crippen LogP contribution in [0.2, 0.25) is 0 Å². The van der Waals surface area contributed by atoms with Crippen LogP contribution in [0.1, 0.15) is 35.2 Å². The molecule has 2 aromatic carbocycles. The molecule has 1 heterocycles. The highest BCUT2D eigenvalue weighted by Gasteiger charge is 2.23. The Morgan fingerprint density at radius 2 is 1.91 bits per heavy atom. The minimum absolute atomic E-state index is 0.141. The van der Waals surface area contributed by atoms with Crippen molar-refractivity contribution < 1.29 is 0 Å². The van der Waals surface area contributed by atoms with Crippen LogP contribution in [0.15, 0.2) is 55.0 Å². The van der Waals surface area contributed by atoms with Crippen molar-refractivity contribution in [2.24, 2.45) is 0 Å². The number of aromatic nitrogens is 2. The smallest absolute Gasteiger partial charge is 0.0659 e. The molecule has 1 aliphatic carbocycles. The molecule has 0 saturated carbocycles. The molecule has 0 saturated heterocycles. The van der Waals surface area contributed by atoms with Crippen molar-refractivity contribution >= 4 is 5.69 Å². The van der Waals surface area contributed by atoms with E-state index in [1.807, 2.05) is 6.20 Å². The third-order valence-electron chi connectivity index (χ3n) is 4.56. The average Bonchev–Trinajstić information content (AvgIpc) is 2.95. The monoisotopic (exact) mass is 287 g/mol. The van der Waals surface area contributed by atoms with E-state index in [-0.39, 0.29) is 5.92 Å². The van der Waals surface area contributed by atoms with Gasteiger partial charge in [0.05, 0.1) is 5.69 Å². The van der Waals surface area contributed by atoms with Gasteiger partial charge in [-0.1, -0.05) is 43.3 Å². The predicted octanol–water partition coefficient (Wildman–Crippen LogP) is 3.78. The summed E-state index contributed by atoms with van der Waals surface area (Å²) in [5.41, 5.74) is 14.7. The molecule has 3 nitrogen and oxygen atoms in total. The first kappa shape index (κ1) is 13.0. The Morgan fingerprint density at radius 3 is 2.73 bits per heavy atom. The highest BCUT2D eigenvalue weighted by atomic mass is 14.8. The Labute approximate surface area is 129 Å². The van der Waals surface area contributed by atoms with Gasteiger partial charge in [-0.15, -0.1) is 0 Å². The molecule has 0 unspecified atom stereocenters. The molecule has 3 heteroatoms. The zero-order chi connectivity index (χ0) is 15.1. The van der Waals surface area contributed by atoms with Gasteiger partial charge in [0.1, 0.15) is 0 Å². The van der Waals surface area contributed by atoms with Crippen LogP contribution >= 0.6 is 0 Å². The molecule has 2 N–H and O–H groups in total. The molecule has 108 valence electrons. The summed E-state index contributed by atoms with van der Waals surface area (Å²) in [5.74, 6) is 0.141. The average molecular weight is 287 g/mol. The van der Waals surface area contributed by atoms with Gasteiger partial charge in [0, 0.05) is 36.6 Å². The summed E-state index contributed by atoms with van der Waals surface area (Å²) in [5, 5.41) is 0. The normalized spacial score (nSPS) is 13.5. The van der Waals surface area contributed by atoms with Gasteiger partial charge in [0.2, 0.25) is 0 Å². The molecular weight excluding hydrogens is 270 g/mol. The van der Waals surface area contributed by atoms with Gasteiger partial charge >= 0.3 is 0 Å². The Hall–Kier alpha value is -2.68. The van der Waals surface area contributed by atoms with Crippen molar-refractivity contribution in [1.29, 1.82) is 0 Å². The Bertz CT molecular complexity index is 841. The number of hydrogen-bond acceptors (Lipinski definition) is 3. The fourth-order valence-electron chi connectivity index (χ4n) is 3.32. The van der Waals surface area contributed by atoms with Gasteiger partial charge in [-0.3, -0.25) is 9.97 Å². The summed E-state index contributed by atoms with van der Waals surface area (Å²) in [7, 11) is 0. The van der Waals surface area contributed by atoms with E-state index in [4.69, 9.17) is 5.73 Å². The Kier molecular flexibility index (Phi) is 2.93. The second-order valence-electron chi connectivity index (χ2n) is 5.78. The van der Waals surface area contributed by atoms with Gasteiger partial charge in [0.15, 0.2) is 0 Å². The summed E-state index contributed by atoms with van der Waals surface area (Å²) in [4.78, 5) is 8.57. The van der Waals surface area contributed by atoms with Gasteiger partial charge in [-0.05, 0) is 27.8 Å². The summed E-state index contributed by atoms with van der Waals surface area (Å²) in [6.45, 7) is 2.13. The number of benzene rings is 2. The number of anilines is 1. The van der Waals surface area contributed by atoms with E-state index in [1.165, 1.54) is 22.3 Å². The highest BCUT2D eigenvalue weighted by molar-refractivity contribution is 5.82. The van der Waals surface area contributed by atoms with Gasteiger partial charge < -0.3 is 5.73 Å². The number of nitrogens with two attached hydrogens (primary N) is 1. The zero-order valence-electron chi connectivity index (χ0n) is 12.5. The van der Waals surface area contributed by atoms with E-state index in [9.17, 15) is 0 Å². The van der Waals surface area contributed by atoms with Crippen LogP contribution < -0.4 is 5.73 Å². The van der Waals surface area contributed by atoms with Crippen LogP contribution in [-0.4, -0.2) is 9.97 Å². The van der Waals surface area contributed by atoms with E-state index >= 15 is 0 Å². The standard InChI is InChI=1S/C19H17N3/c1-12(18-11-21-8-9-22-18)14-6-7-16-15-5-3-2-4-13(15)10-17(16)19(14)20/h2-9,11-12H,10,20H2,1H3/t12-/m1/s1. The van der Waals surface area contributed by atoms with Crippen LogP contribution in [0.25, 0.3) is 11.1 Å². The van der Waals surface area contributed by atoms with Crippen molar-refractivity contribution in [3.05, 3.63) is 77.4 Å². The van der Waals surface area contributed by atoms with Crippen molar-refractivity contribution in [2.45, 2.75) is 19.3 Å². The summed E-state index contributed by atoms with van der Waals surface area (Å²) in [6, 6.07) is 12.9. The lowest BCUT2D eigenvalue weighted by molar-refractivity contribution is 0.858. The fraction of sp³-hybridized carbons (Fsp3) is 0.158. The molecule has 0 spiro atoms. The maximum Gasteiger partial charge on any atom is 0.0659 e. The lowest BCUT2D eigenvalue weighted by Gasteiger charge is -2.16. The topological polar surface area (TPSA) is 51.8 Å². The maximum absolute atomic E-state index is 6.50. The zero-order valence-corrected chi connectivity index (χ0v) is 12.5. The molecule has 1 aromatic heterocycles. The molecule has 22 heavy (non-hydrogen) atoms. The largest absolute Gasteiger partial charge is 0.398 e. The molecule has 1 aliphatic rings. The minimum Gasteiger partial charge on any atom is -0.398 e. The molecule has 3 aromatic rings. The first-order valence-corrected chi connectivity index (χ1v) is 7.51. The van der Waals surface area contributed by atoms with Crippen LogP contribution in [0, 0.1) is 0 Å². The molecule has 4 rings (SSSR count). The van der Waals surface area contributed by atoms with Crippen molar-refractivity contribution in [2.75, 3.05) is 5.73 Å². The van der Waals surface area contributed by atoms with Crippen molar-refractivity contribution in [3.63, 3.8) is 0 Å². The fourth-order valence-corrected chi connectivity index (χ4v) is 3.32. The second kappa shape index (κ2) is 4.95. The minimum atomic E-state index is 0.141. The number of nitrogens with zero attached hydrogens (tertiary/aromatic N) is 2. The van der Waals surface area contributed by atoms with Crippen LogP contribution in [0.3, 0.4) is 0 Å². The first-order valence-electron chi connectivity index (χ1n) is 7.51. The summed E-state index contributed by atoms with van der Waals surface area (Å²) in [6.07, 6.45) is 6.15. The number of fused-ring (bicyclic) bond motifs is 3. The first-order chi connectivity index (χ1) is 10.8. The quantitative estimate of drug-likeness (QED) is 0.571. The molecule has 0 bridgehead atoms. The van der Waals surface area contributed by atoms with E-state index in [1.54, 1.807) is 12.4 Å². The highest BCUT2D eigenvalue weighted by Crippen LogP contribution is 2.42. The van der Waals surface area contributed by atoms with Crippen LogP contribution in [-0.2, 0) is 6.42 Å². The maximum atomic E-state index is 6.50. The van der Waals surface area contributed by atoms with Crippen LogP contribution in [0.4, 0.5) is 5.69 Å². The molecule has 0 radical (unpaired) electrons.